The molecule has 3 N–H and O–H groups in total. The van der Waals surface area contributed by atoms with Crippen LogP contribution in [0.15, 0.2) is 53.8 Å². The van der Waals surface area contributed by atoms with Crippen LogP contribution in [0.1, 0.15) is 59.1 Å². The third-order valence-electron chi connectivity index (χ3n) is 6.46. The van der Waals surface area contributed by atoms with Gasteiger partial charge in [-0.2, -0.15) is 0 Å². The summed E-state index contributed by atoms with van der Waals surface area (Å²) in [6.45, 7) is 1.98. The van der Waals surface area contributed by atoms with E-state index in [4.69, 9.17) is 12.3 Å². The summed E-state index contributed by atoms with van der Waals surface area (Å²) in [5.74, 6) is -1.19. The summed E-state index contributed by atoms with van der Waals surface area (Å²) in [4.78, 5) is 35.4. The molecule has 2 amide bonds. The van der Waals surface area contributed by atoms with Gasteiger partial charge in [0.15, 0.2) is 0 Å². The Morgan fingerprint density at radius 1 is 1.18 bits per heavy atom. The number of aromatic nitrogens is 2. The van der Waals surface area contributed by atoms with Gasteiger partial charge in [-0.05, 0) is 50.7 Å². The highest BCUT2D eigenvalue weighted by atomic mass is 32.1. The minimum atomic E-state index is -2.72. The third kappa shape index (κ3) is 5.44. The maximum absolute atomic E-state index is 13.3. The number of nitrogens with one attached hydrogen (secondary N) is 3. The van der Waals surface area contributed by atoms with Gasteiger partial charge in [-0.15, -0.1) is 11.3 Å². The van der Waals surface area contributed by atoms with Crippen LogP contribution < -0.4 is 10.6 Å². The van der Waals surface area contributed by atoms with Crippen molar-refractivity contribution in [1.82, 2.24) is 20.2 Å². The van der Waals surface area contributed by atoms with Crippen molar-refractivity contribution in [2.24, 2.45) is 0 Å². The molecule has 200 valence electrons. The number of thiazole rings is 1. The zero-order valence-corrected chi connectivity index (χ0v) is 22.7. The van der Waals surface area contributed by atoms with Crippen molar-refractivity contribution in [2.45, 2.75) is 27.7 Å². The molecule has 0 fully saturated rings. The lowest BCUT2D eigenvalue weighted by atomic mass is 10.0. The van der Waals surface area contributed by atoms with E-state index in [0.29, 0.717) is 39.5 Å². The van der Waals surface area contributed by atoms with Crippen LogP contribution in [0.2, 0.25) is 0 Å². The lowest BCUT2D eigenvalue weighted by Crippen LogP contribution is -2.35. The highest BCUT2D eigenvalue weighted by Crippen LogP contribution is 2.38. The summed E-state index contributed by atoms with van der Waals surface area (Å²) in [6.07, 6.45) is 1.59. The van der Waals surface area contributed by atoms with Gasteiger partial charge in [0.05, 0.1) is 26.4 Å². The van der Waals surface area contributed by atoms with E-state index < -0.39 is 37.0 Å². The quantitative estimate of drug-likeness (QED) is 0.224. The number of hydrogen-bond donors (Lipinski definition) is 3. The Morgan fingerprint density at radius 3 is 2.69 bits per heavy atom. The number of aromatic amines is 1. The molecule has 39 heavy (non-hydrogen) atoms. The van der Waals surface area contributed by atoms with Crippen molar-refractivity contribution >= 4 is 40.5 Å². The summed E-state index contributed by atoms with van der Waals surface area (Å²) < 4.78 is 73.8. The van der Waals surface area contributed by atoms with Gasteiger partial charge < -0.3 is 20.5 Å². The van der Waals surface area contributed by atoms with Gasteiger partial charge in [-0.25, -0.2) is 4.98 Å². The van der Waals surface area contributed by atoms with Crippen LogP contribution in [0.5, 0.6) is 0 Å². The van der Waals surface area contributed by atoms with Crippen LogP contribution in [0.3, 0.4) is 0 Å². The number of hydrogen-bond acceptors (Lipinski definition) is 5. The smallest absolute Gasteiger partial charge is 0.256 e. The summed E-state index contributed by atoms with van der Waals surface area (Å²) in [5.41, 5.74) is 3.91. The molecule has 2 aromatic heterocycles. The number of carbonyl (C=O) groups is 2. The molecule has 7 nitrogen and oxygen atoms in total. The fourth-order valence-electron chi connectivity index (χ4n) is 4.38. The van der Waals surface area contributed by atoms with E-state index in [2.05, 4.69) is 20.6 Å². The normalized spacial score (nSPS) is 17.7. The van der Waals surface area contributed by atoms with E-state index in [1.807, 2.05) is 0 Å². The number of H-pyrrole nitrogens is 1. The molecule has 0 radical (unpaired) electrons. The number of rotatable bonds is 9. The van der Waals surface area contributed by atoms with Crippen molar-refractivity contribution in [2.75, 3.05) is 31.4 Å². The zero-order chi connectivity index (χ0) is 35.5. The molecule has 1 aliphatic rings. The lowest BCUT2D eigenvalue weighted by molar-refractivity contribution is -0.110. The van der Waals surface area contributed by atoms with E-state index in [1.54, 1.807) is 57.4 Å². The van der Waals surface area contributed by atoms with Gasteiger partial charge in [0.1, 0.15) is 5.01 Å². The van der Waals surface area contributed by atoms with Crippen LogP contribution in [-0.4, -0.2) is 52.8 Å². The van der Waals surface area contributed by atoms with E-state index >= 15 is 0 Å². The average Bonchev–Trinajstić information content (AvgIpc) is 3.70. The second kappa shape index (κ2) is 11.4. The molecule has 0 atom stereocenters. The molecule has 8 heteroatoms. The molecule has 0 bridgehead atoms. The average molecular weight is 549 g/mol. The SMILES string of the molecule is [2H]c1c([2H])c([2H])c(-c2nc(-c3ccc4c(c3)/C(=C/c3[nH]c(C)c(C(=O)NC([2H])([2H])C([2H])([2H])N(CC)CC)c3C)C(=O)N4)cs2)c([2H])c1[2H]. The van der Waals surface area contributed by atoms with Crippen LogP contribution in [-0.2, 0) is 4.79 Å². The summed E-state index contributed by atoms with van der Waals surface area (Å²) in [6, 6.07) is 3.13. The van der Waals surface area contributed by atoms with Gasteiger partial charge in [0.25, 0.3) is 11.8 Å². The predicted molar refractivity (Wildman–Crippen MR) is 160 cm³/mol. The first-order chi connectivity index (χ1) is 22.4. The Kier molecular flexibility index (Phi) is 5.13. The molecular weight excluding hydrogens is 506 g/mol. The predicted octanol–water partition coefficient (Wildman–Crippen LogP) is 5.99. The first kappa shape index (κ1) is 17.6. The van der Waals surface area contributed by atoms with Gasteiger partial charge >= 0.3 is 0 Å². The molecule has 0 spiro atoms. The summed E-state index contributed by atoms with van der Waals surface area (Å²) >= 11 is 1.13. The second-order valence-corrected chi connectivity index (χ2v) is 9.70. The number of likely N-dealkylation sites (N-methyl/N-ethyl adjacent to an activating group) is 1. The molecule has 3 heterocycles. The fourth-order valence-corrected chi connectivity index (χ4v) is 5.16. The fraction of sp³-hybridized carbons (Fsp3) is 0.258. The first-order valence-electron chi connectivity index (χ1n) is 16.9. The van der Waals surface area contributed by atoms with Crippen LogP contribution in [0.25, 0.3) is 33.5 Å². The summed E-state index contributed by atoms with van der Waals surface area (Å²) in [7, 11) is 0. The number of anilines is 1. The van der Waals surface area contributed by atoms with Crippen molar-refractivity contribution in [3.05, 3.63) is 81.9 Å². The molecule has 4 aromatic rings. The first-order valence-corrected chi connectivity index (χ1v) is 13.3. The second-order valence-electron chi connectivity index (χ2n) is 8.84. The monoisotopic (exact) mass is 548 g/mol. The van der Waals surface area contributed by atoms with Crippen LogP contribution in [0, 0.1) is 13.8 Å². The van der Waals surface area contributed by atoms with E-state index in [0.717, 1.165) is 11.3 Å². The molecule has 1 aliphatic heterocycles. The molecular formula is C31H33N5O2S. The van der Waals surface area contributed by atoms with E-state index in [-0.39, 0.29) is 52.8 Å². The van der Waals surface area contributed by atoms with Crippen LogP contribution in [0.4, 0.5) is 5.69 Å². The molecule has 0 unspecified atom stereocenters. The molecule has 0 saturated heterocycles. The highest BCUT2D eigenvalue weighted by Gasteiger charge is 2.26. The largest absolute Gasteiger partial charge is 0.358 e. The maximum Gasteiger partial charge on any atom is 0.256 e. The van der Waals surface area contributed by atoms with Gasteiger partial charge in [0, 0.05) is 54.9 Å². The van der Waals surface area contributed by atoms with Crippen LogP contribution >= 0.6 is 11.3 Å². The number of carbonyl (C=O) groups excluding carboxylic acids is 2. The maximum atomic E-state index is 13.3. The lowest BCUT2D eigenvalue weighted by Gasteiger charge is -2.18. The minimum Gasteiger partial charge on any atom is -0.358 e. The Labute approximate surface area is 245 Å². The standard InChI is InChI=1S/C31H33N5O2S/c1-5-36(6-2)15-14-32-30(38)28-19(3)26(33-20(28)4)17-24-23-16-22(12-13-25(23)34-29(24)37)27-18-39-31(35-27)21-10-8-7-9-11-21/h7-13,16-18,33H,5-6,14-15H2,1-4H3,(H,32,38)(H,34,37)/b24-17-/i7D,8D,9D,10D,11D,14D2,15D2. The molecule has 2 aromatic carbocycles. The van der Waals surface area contributed by atoms with Gasteiger partial charge in [0.2, 0.25) is 0 Å². The van der Waals surface area contributed by atoms with E-state index in [9.17, 15) is 9.59 Å². The number of aryl methyl sites for hydroxylation is 1. The minimum absolute atomic E-state index is 0.00513. The van der Waals surface area contributed by atoms with Gasteiger partial charge in [-0.1, -0.05) is 50.1 Å². The number of fused-ring (bicyclic) bond motifs is 1. The van der Waals surface area contributed by atoms with E-state index in [1.165, 1.54) is 4.90 Å². The Hall–Kier alpha value is -4.01. The number of benzene rings is 2. The molecule has 0 saturated carbocycles. The van der Waals surface area contributed by atoms with Gasteiger partial charge in [-0.3, -0.25) is 9.59 Å². The molecule has 5 rings (SSSR count). The Bertz CT molecular complexity index is 1970. The Morgan fingerprint density at radius 2 is 1.95 bits per heavy atom. The molecule has 0 aliphatic carbocycles. The Balaban J connectivity index is 1.48. The topological polar surface area (TPSA) is 90.1 Å². The number of amides is 2. The van der Waals surface area contributed by atoms with Crippen molar-refractivity contribution in [1.29, 1.82) is 0 Å². The zero-order valence-electron chi connectivity index (χ0n) is 30.9. The third-order valence-corrected chi connectivity index (χ3v) is 7.32. The number of nitrogens with zero attached hydrogens (tertiary/aromatic N) is 2. The van der Waals surface area contributed by atoms with Crippen molar-refractivity contribution in [3.8, 4) is 21.8 Å². The highest BCUT2D eigenvalue weighted by molar-refractivity contribution is 7.13. The van der Waals surface area contributed by atoms with Crippen molar-refractivity contribution < 1.29 is 21.9 Å². The van der Waals surface area contributed by atoms with Crippen molar-refractivity contribution in [3.63, 3.8) is 0 Å². The summed E-state index contributed by atoms with van der Waals surface area (Å²) in [5, 5.41) is 7.01.